The molecule has 0 spiro atoms. The lowest BCUT2D eigenvalue weighted by molar-refractivity contribution is -0.147. The van der Waals surface area contributed by atoms with E-state index in [2.05, 4.69) is 0 Å². The van der Waals surface area contributed by atoms with Crippen LogP contribution in [0.3, 0.4) is 0 Å². The zero-order chi connectivity index (χ0) is 13.2. The number of likely N-dealkylation sites (N-methyl/N-ethyl adjacent to an activating group) is 1. The van der Waals surface area contributed by atoms with E-state index in [1.165, 1.54) is 25.8 Å². The SMILES string of the molecule is CN(C(=O)N1CCC(O)CC1)C(C)(C)C(=O)O. The largest absolute Gasteiger partial charge is 0.480 e. The number of piperidine rings is 1. The number of carbonyl (C=O) groups is 2. The molecule has 1 rings (SSSR count). The van der Waals surface area contributed by atoms with Crippen LogP contribution in [0.1, 0.15) is 26.7 Å². The van der Waals surface area contributed by atoms with Gasteiger partial charge in [-0.25, -0.2) is 9.59 Å². The van der Waals surface area contributed by atoms with Crippen LogP contribution in [0.4, 0.5) is 4.79 Å². The summed E-state index contributed by atoms with van der Waals surface area (Å²) in [6.07, 6.45) is 0.747. The van der Waals surface area contributed by atoms with Gasteiger partial charge in [0.05, 0.1) is 6.10 Å². The van der Waals surface area contributed by atoms with Gasteiger partial charge in [0.1, 0.15) is 5.54 Å². The third-order valence-corrected chi connectivity index (χ3v) is 3.38. The van der Waals surface area contributed by atoms with E-state index >= 15 is 0 Å². The maximum absolute atomic E-state index is 12.1. The second kappa shape index (κ2) is 4.91. The third-order valence-electron chi connectivity index (χ3n) is 3.38. The topological polar surface area (TPSA) is 81.1 Å². The number of carboxylic acids is 1. The van der Waals surface area contributed by atoms with Gasteiger partial charge in [0.15, 0.2) is 0 Å². The summed E-state index contributed by atoms with van der Waals surface area (Å²) in [5, 5.41) is 18.4. The van der Waals surface area contributed by atoms with Gasteiger partial charge in [0.25, 0.3) is 0 Å². The summed E-state index contributed by atoms with van der Waals surface area (Å²) in [6, 6.07) is -0.302. The molecule has 0 aromatic heterocycles. The van der Waals surface area contributed by atoms with Gasteiger partial charge in [-0.15, -0.1) is 0 Å². The predicted octanol–water partition coefficient (Wildman–Crippen LogP) is 0.358. The first-order valence-electron chi connectivity index (χ1n) is 5.71. The number of urea groups is 1. The van der Waals surface area contributed by atoms with Gasteiger partial charge in [-0.3, -0.25) is 0 Å². The molecular weight excluding hydrogens is 224 g/mol. The minimum atomic E-state index is -1.23. The van der Waals surface area contributed by atoms with Crippen molar-refractivity contribution in [3.8, 4) is 0 Å². The van der Waals surface area contributed by atoms with Gasteiger partial charge in [-0.2, -0.15) is 0 Å². The highest BCUT2D eigenvalue weighted by Gasteiger charge is 2.37. The molecule has 2 amide bonds. The normalized spacial score (nSPS) is 18.0. The first kappa shape index (κ1) is 13.8. The summed E-state index contributed by atoms with van der Waals surface area (Å²) in [5.41, 5.74) is -1.23. The lowest BCUT2D eigenvalue weighted by Crippen LogP contribution is -2.56. The highest BCUT2D eigenvalue weighted by molar-refractivity contribution is 5.85. The highest BCUT2D eigenvalue weighted by atomic mass is 16.4. The fraction of sp³-hybridized carbons (Fsp3) is 0.818. The van der Waals surface area contributed by atoms with Gasteiger partial charge >= 0.3 is 12.0 Å². The van der Waals surface area contributed by atoms with Gasteiger partial charge in [0, 0.05) is 20.1 Å². The smallest absolute Gasteiger partial charge is 0.329 e. The molecule has 1 heterocycles. The first-order chi connectivity index (χ1) is 7.76. The number of carboxylic acid groups (broad SMARTS) is 1. The molecule has 1 aliphatic heterocycles. The summed E-state index contributed by atoms with van der Waals surface area (Å²) < 4.78 is 0. The van der Waals surface area contributed by atoms with Crippen LogP contribution in [-0.2, 0) is 4.79 Å². The van der Waals surface area contributed by atoms with Crippen molar-refractivity contribution in [1.29, 1.82) is 0 Å². The molecule has 17 heavy (non-hydrogen) atoms. The van der Waals surface area contributed by atoms with Crippen molar-refractivity contribution < 1.29 is 19.8 Å². The molecule has 0 unspecified atom stereocenters. The van der Waals surface area contributed by atoms with Gasteiger partial charge < -0.3 is 20.0 Å². The van der Waals surface area contributed by atoms with Crippen molar-refractivity contribution in [3.05, 3.63) is 0 Å². The molecule has 0 aliphatic carbocycles. The Morgan fingerprint density at radius 2 is 1.76 bits per heavy atom. The van der Waals surface area contributed by atoms with E-state index in [0.29, 0.717) is 25.9 Å². The van der Waals surface area contributed by atoms with E-state index in [1.807, 2.05) is 0 Å². The fourth-order valence-electron chi connectivity index (χ4n) is 1.65. The predicted molar refractivity (Wildman–Crippen MR) is 61.7 cm³/mol. The Hall–Kier alpha value is -1.30. The van der Waals surface area contributed by atoms with Crippen molar-refractivity contribution in [3.63, 3.8) is 0 Å². The Bertz CT molecular complexity index is 309. The van der Waals surface area contributed by atoms with Crippen LogP contribution in [0.25, 0.3) is 0 Å². The molecule has 0 aromatic rings. The van der Waals surface area contributed by atoms with E-state index < -0.39 is 11.5 Å². The molecule has 6 nitrogen and oxygen atoms in total. The minimum absolute atomic E-state index is 0.302. The van der Waals surface area contributed by atoms with Crippen LogP contribution in [0.5, 0.6) is 0 Å². The molecular formula is C11H20N2O4. The average molecular weight is 244 g/mol. The number of hydrogen-bond donors (Lipinski definition) is 2. The number of aliphatic hydroxyl groups excluding tert-OH is 1. The monoisotopic (exact) mass is 244 g/mol. The number of likely N-dealkylation sites (tertiary alicyclic amines) is 1. The number of hydrogen-bond acceptors (Lipinski definition) is 3. The number of amides is 2. The van der Waals surface area contributed by atoms with Crippen LogP contribution in [0, 0.1) is 0 Å². The Morgan fingerprint density at radius 1 is 1.29 bits per heavy atom. The number of rotatable bonds is 2. The second-order valence-electron chi connectivity index (χ2n) is 4.92. The molecule has 0 atom stereocenters. The van der Waals surface area contributed by atoms with Crippen molar-refractivity contribution in [2.24, 2.45) is 0 Å². The maximum Gasteiger partial charge on any atom is 0.329 e. The molecule has 1 fully saturated rings. The van der Waals surface area contributed by atoms with E-state index in [0.717, 1.165) is 0 Å². The summed E-state index contributed by atoms with van der Waals surface area (Å²) in [4.78, 5) is 25.9. The van der Waals surface area contributed by atoms with Crippen molar-refractivity contribution in [2.75, 3.05) is 20.1 Å². The van der Waals surface area contributed by atoms with E-state index in [4.69, 9.17) is 5.11 Å². The van der Waals surface area contributed by atoms with Gasteiger partial charge in [-0.05, 0) is 26.7 Å². The standard InChI is InChI=1S/C11H20N2O4/c1-11(2,9(15)16)12(3)10(17)13-6-4-8(14)5-7-13/h8,14H,4-7H2,1-3H3,(H,15,16). The van der Waals surface area contributed by atoms with E-state index in [-0.39, 0.29) is 12.1 Å². The number of carbonyl (C=O) groups excluding carboxylic acids is 1. The van der Waals surface area contributed by atoms with Crippen LogP contribution in [0.2, 0.25) is 0 Å². The Labute approximate surface area is 101 Å². The summed E-state index contributed by atoms with van der Waals surface area (Å²) in [5.74, 6) is -1.04. The van der Waals surface area contributed by atoms with Crippen molar-refractivity contribution >= 4 is 12.0 Å². The second-order valence-corrected chi connectivity index (χ2v) is 4.92. The zero-order valence-electron chi connectivity index (χ0n) is 10.5. The Morgan fingerprint density at radius 3 is 2.18 bits per heavy atom. The van der Waals surface area contributed by atoms with Crippen LogP contribution < -0.4 is 0 Å². The Balaban J connectivity index is 2.67. The molecule has 0 radical (unpaired) electrons. The summed E-state index contributed by atoms with van der Waals surface area (Å²) in [6.45, 7) is 3.93. The van der Waals surface area contributed by atoms with Crippen molar-refractivity contribution in [2.45, 2.75) is 38.3 Å². The molecule has 2 N–H and O–H groups in total. The third kappa shape index (κ3) is 2.88. The van der Waals surface area contributed by atoms with Crippen molar-refractivity contribution in [1.82, 2.24) is 9.80 Å². The lowest BCUT2D eigenvalue weighted by atomic mass is 10.0. The van der Waals surface area contributed by atoms with Gasteiger partial charge in [0.2, 0.25) is 0 Å². The molecule has 1 saturated heterocycles. The fourth-order valence-corrected chi connectivity index (χ4v) is 1.65. The highest BCUT2D eigenvalue weighted by Crippen LogP contribution is 2.18. The molecule has 6 heteroatoms. The van der Waals surface area contributed by atoms with Crippen LogP contribution in [-0.4, -0.2) is 63.8 Å². The zero-order valence-corrected chi connectivity index (χ0v) is 10.5. The van der Waals surface area contributed by atoms with Gasteiger partial charge in [-0.1, -0.05) is 0 Å². The quantitative estimate of drug-likeness (QED) is 0.734. The molecule has 0 bridgehead atoms. The van der Waals surface area contributed by atoms with E-state index in [1.54, 1.807) is 4.90 Å². The minimum Gasteiger partial charge on any atom is -0.480 e. The number of nitrogens with zero attached hydrogens (tertiary/aromatic N) is 2. The van der Waals surface area contributed by atoms with Crippen LogP contribution >= 0.6 is 0 Å². The average Bonchev–Trinajstić information content (AvgIpc) is 2.27. The Kier molecular flexibility index (Phi) is 3.98. The summed E-state index contributed by atoms with van der Waals surface area (Å²) >= 11 is 0. The van der Waals surface area contributed by atoms with E-state index in [9.17, 15) is 14.7 Å². The molecule has 0 saturated carbocycles. The number of aliphatic hydroxyl groups is 1. The molecule has 98 valence electrons. The maximum atomic E-state index is 12.1. The number of aliphatic carboxylic acids is 1. The van der Waals surface area contributed by atoms with Crippen LogP contribution in [0.15, 0.2) is 0 Å². The summed E-state index contributed by atoms with van der Waals surface area (Å²) in [7, 11) is 1.49. The lowest BCUT2D eigenvalue weighted by Gasteiger charge is -2.38. The molecule has 0 aromatic carbocycles. The first-order valence-corrected chi connectivity index (χ1v) is 5.71. The molecule has 1 aliphatic rings.